The van der Waals surface area contributed by atoms with Gasteiger partial charge in [0.1, 0.15) is 6.61 Å². The zero-order chi connectivity index (χ0) is 15.4. The van der Waals surface area contributed by atoms with E-state index in [9.17, 15) is 4.79 Å². The van der Waals surface area contributed by atoms with Gasteiger partial charge in [0.05, 0.1) is 12.8 Å². The summed E-state index contributed by atoms with van der Waals surface area (Å²) in [6.45, 7) is 1.72. The molecule has 8 nitrogen and oxygen atoms in total. The average Bonchev–Trinajstić information content (AvgIpc) is 2.80. The van der Waals surface area contributed by atoms with E-state index in [1.54, 1.807) is 25.1 Å². The van der Waals surface area contributed by atoms with Crippen molar-refractivity contribution in [3.05, 3.63) is 39.3 Å². The summed E-state index contributed by atoms with van der Waals surface area (Å²) >= 11 is 6.16. The zero-order valence-electron chi connectivity index (χ0n) is 11.8. The number of methoxy groups -OCH3 is 1. The molecule has 0 aliphatic rings. The van der Waals surface area contributed by atoms with Gasteiger partial charge >= 0.3 is 5.69 Å². The van der Waals surface area contributed by atoms with Crippen LogP contribution in [-0.4, -0.2) is 32.8 Å². The van der Waals surface area contributed by atoms with Crippen molar-refractivity contribution >= 4 is 17.5 Å². The van der Waals surface area contributed by atoms with Gasteiger partial charge in [-0.25, -0.2) is 4.79 Å². The summed E-state index contributed by atoms with van der Waals surface area (Å²) in [5.41, 5.74) is 0.690. The number of aryl methyl sites for hydroxylation is 1. The molecule has 0 atom stereocenters. The second kappa shape index (κ2) is 6.40. The third-order valence-corrected chi connectivity index (χ3v) is 3.10. The quantitative estimate of drug-likeness (QED) is 0.480. The largest absolute Gasteiger partial charge is 0.482 e. The standard InChI is InChI=1S/C12H14ClN5O3/c1-8(20-3)14-21-7-9-10(13)5-4-6-11(9)18-12(19)17(2)15-16-18/h4-6H,7H2,1-3H3. The first-order valence-electron chi connectivity index (χ1n) is 6.02. The van der Waals surface area contributed by atoms with Gasteiger partial charge in [-0.3, -0.25) is 0 Å². The number of rotatable bonds is 4. The first-order chi connectivity index (χ1) is 10.0. The topological polar surface area (TPSA) is 83.5 Å². The van der Waals surface area contributed by atoms with Crippen molar-refractivity contribution in [3.8, 4) is 5.69 Å². The highest BCUT2D eigenvalue weighted by Gasteiger charge is 2.14. The molecule has 0 radical (unpaired) electrons. The normalized spacial score (nSPS) is 11.5. The number of benzene rings is 1. The van der Waals surface area contributed by atoms with Crippen LogP contribution >= 0.6 is 11.6 Å². The first-order valence-corrected chi connectivity index (χ1v) is 6.39. The monoisotopic (exact) mass is 311 g/mol. The van der Waals surface area contributed by atoms with Crippen molar-refractivity contribution in [2.45, 2.75) is 13.5 Å². The minimum absolute atomic E-state index is 0.0682. The minimum atomic E-state index is -0.380. The lowest BCUT2D eigenvalue weighted by Crippen LogP contribution is -2.23. The third-order valence-electron chi connectivity index (χ3n) is 2.74. The predicted octanol–water partition coefficient (Wildman–Crippen LogP) is 1.12. The summed E-state index contributed by atoms with van der Waals surface area (Å²) in [6, 6.07) is 5.11. The summed E-state index contributed by atoms with van der Waals surface area (Å²) in [4.78, 5) is 17.1. The molecule has 112 valence electrons. The molecule has 1 aromatic heterocycles. The molecule has 2 aromatic rings. The van der Waals surface area contributed by atoms with E-state index in [0.717, 1.165) is 9.36 Å². The number of halogens is 1. The lowest BCUT2D eigenvalue weighted by molar-refractivity contribution is 0.122. The van der Waals surface area contributed by atoms with E-state index in [4.69, 9.17) is 21.2 Å². The van der Waals surface area contributed by atoms with E-state index >= 15 is 0 Å². The van der Waals surface area contributed by atoms with Gasteiger partial charge in [0.2, 0.25) is 5.90 Å². The number of nitrogens with zero attached hydrogens (tertiary/aromatic N) is 5. The molecule has 21 heavy (non-hydrogen) atoms. The van der Waals surface area contributed by atoms with Gasteiger partial charge < -0.3 is 9.57 Å². The van der Waals surface area contributed by atoms with Gasteiger partial charge in [-0.05, 0) is 22.6 Å². The number of hydrogen-bond acceptors (Lipinski definition) is 6. The number of tetrazole rings is 1. The zero-order valence-corrected chi connectivity index (χ0v) is 12.5. The molecule has 9 heteroatoms. The molecule has 0 amide bonds. The Kier molecular flexibility index (Phi) is 4.59. The number of aromatic nitrogens is 4. The van der Waals surface area contributed by atoms with Gasteiger partial charge in [0.15, 0.2) is 0 Å². The van der Waals surface area contributed by atoms with Crippen LogP contribution in [0, 0.1) is 0 Å². The summed E-state index contributed by atoms with van der Waals surface area (Å²) < 4.78 is 7.14. The molecule has 1 heterocycles. The Morgan fingerprint density at radius 3 is 2.81 bits per heavy atom. The van der Waals surface area contributed by atoms with Gasteiger partial charge in [-0.1, -0.05) is 22.8 Å². The summed E-state index contributed by atoms with van der Waals surface area (Å²) in [5.74, 6) is 0.375. The van der Waals surface area contributed by atoms with Crippen molar-refractivity contribution in [1.29, 1.82) is 0 Å². The molecule has 0 fully saturated rings. The number of hydrogen-bond donors (Lipinski definition) is 0. The van der Waals surface area contributed by atoms with Crippen molar-refractivity contribution in [2.75, 3.05) is 7.11 Å². The second-order valence-electron chi connectivity index (χ2n) is 4.12. The van der Waals surface area contributed by atoms with Crippen LogP contribution in [0.4, 0.5) is 0 Å². The average molecular weight is 312 g/mol. The Bertz CT molecular complexity index is 722. The fourth-order valence-electron chi connectivity index (χ4n) is 1.58. The lowest BCUT2D eigenvalue weighted by Gasteiger charge is -2.09. The molecule has 1 aromatic carbocycles. The number of oxime groups is 1. The van der Waals surface area contributed by atoms with Crippen LogP contribution in [0.5, 0.6) is 0 Å². The maximum atomic E-state index is 11.9. The molecule has 0 aliphatic carbocycles. The van der Waals surface area contributed by atoms with E-state index in [0.29, 0.717) is 22.2 Å². The Balaban J connectivity index is 2.37. The van der Waals surface area contributed by atoms with Crippen LogP contribution in [0.2, 0.25) is 5.02 Å². The lowest BCUT2D eigenvalue weighted by atomic mass is 10.2. The third kappa shape index (κ3) is 3.22. The fraction of sp³-hybridized carbons (Fsp3) is 0.333. The maximum Gasteiger partial charge on any atom is 0.368 e. The fourth-order valence-corrected chi connectivity index (χ4v) is 1.80. The molecule has 0 unspecified atom stereocenters. The van der Waals surface area contributed by atoms with Gasteiger partial charge in [-0.2, -0.15) is 9.36 Å². The smallest absolute Gasteiger partial charge is 0.368 e. The highest BCUT2D eigenvalue weighted by molar-refractivity contribution is 6.31. The Hall–Kier alpha value is -2.35. The van der Waals surface area contributed by atoms with E-state index < -0.39 is 0 Å². The molecular formula is C12H14ClN5O3. The highest BCUT2D eigenvalue weighted by Crippen LogP contribution is 2.23. The molecule has 0 N–H and O–H groups in total. The van der Waals surface area contributed by atoms with Crippen LogP contribution in [0.15, 0.2) is 28.1 Å². The molecule has 0 spiro atoms. The maximum absolute atomic E-state index is 11.9. The molecular weight excluding hydrogens is 298 g/mol. The summed E-state index contributed by atoms with van der Waals surface area (Å²) in [7, 11) is 3.00. The van der Waals surface area contributed by atoms with Crippen LogP contribution in [0.1, 0.15) is 12.5 Å². The van der Waals surface area contributed by atoms with E-state index in [1.165, 1.54) is 14.2 Å². The van der Waals surface area contributed by atoms with Crippen LogP contribution in [0.25, 0.3) is 5.69 Å². The first kappa shape index (κ1) is 15.0. The molecule has 0 bridgehead atoms. The van der Waals surface area contributed by atoms with Gasteiger partial charge in [0.25, 0.3) is 0 Å². The second-order valence-corrected chi connectivity index (χ2v) is 4.53. The molecule has 0 saturated heterocycles. The van der Waals surface area contributed by atoms with Gasteiger partial charge in [-0.15, -0.1) is 0 Å². The van der Waals surface area contributed by atoms with Crippen molar-refractivity contribution < 1.29 is 9.57 Å². The van der Waals surface area contributed by atoms with Crippen molar-refractivity contribution in [3.63, 3.8) is 0 Å². The highest BCUT2D eigenvalue weighted by atomic mass is 35.5. The van der Waals surface area contributed by atoms with Gasteiger partial charge in [0, 0.05) is 24.6 Å². The number of ether oxygens (including phenoxy) is 1. The van der Waals surface area contributed by atoms with Crippen LogP contribution in [0.3, 0.4) is 0 Å². The van der Waals surface area contributed by atoms with E-state index in [1.807, 2.05) is 0 Å². The van der Waals surface area contributed by atoms with Crippen molar-refractivity contribution in [2.24, 2.45) is 12.2 Å². The van der Waals surface area contributed by atoms with Crippen LogP contribution in [-0.2, 0) is 23.2 Å². The minimum Gasteiger partial charge on any atom is -0.482 e. The molecule has 0 saturated carbocycles. The van der Waals surface area contributed by atoms with E-state index in [2.05, 4.69) is 15.6 Å². The Morgan fingerprint density at radius 2 is 2.19 bits per heavy atom. The summed E-state index contributed by atoms with van der Waals surface area (Å²) in [6.07, 6.45) is 0. The van der Waals surface area contributed by atoms with E-state index in [-0.39, 0.29) is 12.3 Å². The van der Waals surface area contributed by atoms with Crippen molar-refractivity contribution in [1.82, 2.24) is 19.8 Å². The molecule has 2 rings (SSSR count). The molecule has 0 aliphatic heterocycles. The predicted molar refractivity (Wildman–Crippen MR) is 76.5 cm³/mol. The summed E-state index contributed by atoms with van der Waals surface area (Å²) in [5, 5.41) is 11.6. The SMILES string of the molecule is COC(C)=NOCc1c(Cl)cccc1-n1nnn(C)c1=O. The Labute approximate surface area is 125 Å². The Morgan fingerprint density at radius 1 is 1.43 bits per heavy atom. The van der Waals surface area contributed by atoms with Crippen LogP contribution < -0.4 is 5.69 Å².